The van der Waals surface area contributed by atoms with Gasteiger partial charge in [-0.3, -0.25) is 4.90 Å². The molecule has 2 rings (SSSR count). The molecule has 0 saturated carbocycles. The third-order valence-electron chi connectivity index (χ3n) is 4.82. The lowest BCUT2D eigenvalue weighted by atomic mass is 9.82. The Bertz CT molecular complexity index is 379. The van der Waals surface area contributed by atoms with Gasteiger partial charge in [0, 0.05) is 29.5 Å². The minimum absolute atomic E-state index is 0.198. The van der Waals surface area contributed by atoms with Gasteiger partial charge in [0.2, 0.25) is 0 Å². The van der Waals surface area contributed by atoms with Crippen molar-refractivity contribution >= 4 is 11.3 Å². The lowest BCUT2D eigenvalue weighted by Crippen LogP contribution is -2.60. The van der Waals surface area contributed by atoms with Gasteiger partial charge in [0.05, 0.1) is 0 Å². The molecule has 0 amide bonds. The predicted molar refractivity (Wildman–Crippen MR) is 83.8 cm³/mol. The Kier molecular flexibility index (Phi) is 5.01. The fourth-order valence-electron chi connectivity index (χ4n) is 3.07. The summed E-state index contributed by atoms with van der Waals surface area (Å²) in [5.41, 5.74) is 6.34. The Morgan fingerprint density at radius 2 is 2.37 bits per heavy atom. The zero-order chi connectivity index (χ0) is 13.9. The molecular weight excluding hydrogens is 254 g/mol. The van der Waals surface area contributed by atoms with E-state index in [0.29, 0.717) is 6.04 Å². The largest absolute Gasteiger partial charge is 0.329 e. The molecule has 1 saturated heterocycles. The van der Waals surface area contributed by atoms with Crippen molar-refractivity contribution in [3.8, 4) is 0 Å². The lowest BCUT2D eigenvalue weighted by Gasteiger charge is -2.49. The smallest absolute Gasteiger partial charge is 0.0355 e. The molecule has 2 N–H and O–H groups in total. The molecule has 1 fully saturated rings. The van der Waals surface area contributed by atoms with Crippen molar-refractivity contribution in [1.29, 1.82) is 0 Å². The molecule has 0 radical (unpaired) electrons. The molecule has 3 nitrogen and oxygen atoms in total. The number of nitrogens with zero attached hydrogens (tertiary/aromatic N) is 2. The molecule has 0 aromatic carbocycles. The normalized spacial score (nSPS) is 29.0. The van der Waals surface area contributed by atoms with Crippen molar-refractivity contribution in [2.24, 2.45) is 5.73 Å². The van der Waals surface area contributed by atoms with Crippen LogP contribution >= 0.6 is 11.3 Å². The Morgan fingerprint density at radius 3 is 2.95 bits per heavy atom. The summed E-state index contributed by atoms with van der Waals surface area (Å²) < 4.78 is 0. The zero-order valence-electron chi connectivity index (χ0n) is 12.4. The van der Waals surface area contributed by atoms with E-state index in [1.165, 1.54) is 17.7 Å². The number of likely N-dealkylation sites (N-methyl/N-ethyl adjacent to an activating group) is 1. The van der Waals surface area contributed by atoms with E-state index >= 15 is 0 Å². The van der Waals surface area contributed by atoms with Gasteiger partial charge >= 0.3 is 0 Å². The highest BCUT2D eigenvalue weighted by atomic mass is 32.1. The van der Waals surface area contributed by atoms with Gasteiger partial charge in [0.1, 0.15) is 0 Å². The van der Waals surface area contributed by atoms with Crippen LogP contribution in [-0.2, 0) is 6.42 Å². The molecule has 2 heterocycles. The van der Waals surface area contributed by atoms with E-state index in [0.717, 1.165) is 26.1 Å². The molecule has 4 heteroatoms. The zero-order valence-corrected chi connectivity index (χ0v) is 13.2. The maximum atomic E-state index is 6.14. The topological polar surface area (TPSA) is 32.5 Å². The number of piperidine rings is 1. The molecule has 1 aromatic heterocycles. The highest BCUT2D eigenvalue weighted by Crippen LogP contribution is 2.30. The van der Waals surface area contributed by atoms with E-state index in [-0.39, 0.29) is 5.54 Å². The van der Waals surface area contributed by atoms with Crippen LogP contribution in [0.4, 0.5) is 0 Å². The van der Waals surface area contributed by atoms with Crippen LogP contribution in [0, 0.1) is 0 Å². The Morgan fingerprint density at radius 1 is 1.58 bits per heavy atom. The number of hydrogen-bond donors (Lipinski definition) is 1. The number of nitrogens with two attached hydrogens (primary N) is 1. The van der Waals surface area contributed by atoms with Gasteiger partial charge in [0.25, 0.3) is 0 Å². The van der Waals surface area contributed by atoms with Crippen LogP contribution in [0.1, 0.15) is 24.6 Å². The number of thiophene rings is 1. The summed E-state index contributed by atoms with van der Waals surface area (Å²) in [6.45, 7) is 5.35. The number of likely N-dealkylation sites (tertiary alicyclic amines) is 1. The van der Waals surface area contributed by atoms with Gasteiger partial charge in [-0.25, -0.2) is 0 Å². The van der Waals surface area contributed by atoms with E-state index in [1.54, 1.807) is 0 Å². The molecular formula is C15H27N3S. The fourth-order valence-corrected chi connectivity index (χ4v) is 3.77. The predicted octanol–water partition coefficient (Wildman–Crippen LogP) is 2.03. The molecule has 1 aromatic rings. The number of rotatable bonds is 5. The van der Waals surface area contributed by atoms with Crippen LogP contribution in [0.5, 0.6) is 0 Å². The second-order valence-electron chi connectivity index (χ2n) is 5.96. The van der Waals surface area contributed by atoms with Crippen molar-refractivity contribution in [2.75, 3.05) is 33.7 Å². The van der Waals surface area contributed by atoms with Crippen LogP contribution in [0.25, 0.3) is 0 Å². The summed E-state index contributed by atoms with van der Waals surface area (Å²) in [6.07, 6.45) is 3.51. The molecule has 1 aliphatic heterocycles. The molecule has 2 atom stereocenters. The number of hydrogen-bond acceptors (Lipinski definition) is 4. The first-order valence-corrected chi connectivity index (χ1v) is 8.09. The molecule has 108 valence electrons. The third-order valence-corrected chi connectivity index (χ3v) is 5.76. The van der Waals surface area contributed by atoms with Crippen LogP contribution < -0.4 is 5.73 Å². The van der Waals surface area contributed by atoms with Gasteiger partial charge in [0.15, 0.2) is 0 Å². The monoisotopic (exact) mass is 281 g/mol. The summed E-state index contributed by atoms with van der Waals surface area (Å²) in [7, 11) is 4.47. The van der Waals surface area contributed by atoms with Crippen molar-refractivity contribution in [1.82, 2.24) is 9.80 Å². The molecule has 2 unspecified atom stereocenters. The Hall–Kier alpha value is -0.420. The minimum Gasteiger partial charge on any atom is -0.329 e. The van der Waals surface area contributed by atoms with E-state index in [4.69, 9.17) is 5.73 Å². The highest BCUT2D eigenvalue weighted by molar-refractivity contribution is 7.09. The van der Waals surface area contributed by atoms with Gasteiger partial charge in [-0.15, -0.1) is 11.3 Å². The van der Waals surface area contributed by atoms with Crippen molar-refractivity contribution in [3.05, 3.63) is 22.4 Å². The molecule has 19 heavy (non-hydrogen) atoms. The second-order valence-corrected chi connectivity index (χ2v) is 7.00. The third kappa shape index (κ3) is 3.37. The maximum Gasteiger partial charge on any atom is 0.0355 e. The summed E-state index contributed by atoms with van der Waals surface area (Å²) >= 11 is 1.85. The minimum atomic E-state index is 0.198. The van der Waals surface area contributed by atoms with Gasteiger partial charge < -0.3 is 10.6 Å². The average Bonchev–Trinajstić information content (AvgIpc) is 2.92. The Labute approximate surface area is 121 Å². The van der Waals surface area contributed by atoms with Crippen LogP contribution in [0.3, 0.4) is 0 Å². The first-order chi connectivity index (χ1) is 9.07. The van der Waals surface area contributed by atoms with Crippen LogP contribution in [0.15, 0.2) is 17.5 Å². The summed E-state index contributed by atoms with van der Waals surface area (Å²) in [6, 6.07) is 4.99. The first-order valence-electron chi connectivity index (χ1n) is 7.21. The van der Waals surface area contributed by atoms with Gasteiger partial charge in [-0.2, -0.15) is 0 Å². The lowest BCUT2D eigenvalue weighted by molar-refractivity contribution is 0.0277. The molecule has 0 aliphatic carbocycles. The summed E-state index contributed by atoms with van der Waals surface area (Å²) in [4.78, 5) is 6.43. The molecule has 0 spiro atoms. The van der Waals surface area contributed by atoms with Crippen LogP contribution in [0.2, 0.25) is 0 Å². The van der Waals surface area contributed by atoms with Crippen molar-refractivity contribution < 1.29 is 0 Å². The van der Waals surface area contributed by atoms with Gasteiger partial charge in [-0.05, 0) is 58.3 Å². The van der Waals surface area contributed by atoms with E-state index in [9.17, 15) is 0 Å². The SMILES string of the molecule is CC1CC(CN)(N(C)CCc2cccs2)CCN1C. The maximum absolute atomic E-state index is 6.14. The van der Waals surface area contributed by atoms with Gasteiger partial charge in [-0.1, -0.05) is 6.07 Å². The van der Waals surface area contributed by atoms with E-state index in [1.807, 2.05) is 11.3 Å². The highest BCUT2D eigenvalue weighted by Gasteiger charge is 2.38. The molecule has 1 aliphatic rings. The van der Waals surface area contributed by atoms with E-state index in [2.05, 4.69) is 48.3 Å². The van der Waals surface area contributed by atoms with Crippen LogP contribution in [-0.4, -0.2) is 55.1 Å². The van der Waals surface area contributed by atoms with E-state index < -0.39 is 0 Å². The average molecular weight is 281 g/mol. The Balaban J connectivity index is 1.96. The summed E-state index contributed by atoms with van der Waals surface area (Å²) in [5.74, 6) is 0. The quantitative estimate of drug-likeness (QED) is 0.896. The summed E-state index contributed by atoms with van der Waals surface area (Å²) in [5, 5.41) is 2.16. The standard InChI is InChI=1S/C15H27N3S/c1-13-11-15(12-16,7-9-17(13)2)18(3)8-6-14-5-4-10-19-14/h4-5,10,13H,6-9,11-12,16H2,1-3H3. The first kappa shape index (κ1) is 15.0. The second kappa shape index (κ2) is 6.35. The fraction of sp³-hybridized carbons (Fsp3) is 0.733. The van der Waals surface area contributed by atoms with Crippen molar-refractivity contribution in [3.63, 3.8) is 0 Å². The van der Waals surface area contributed by atoms with Crippen molar-refractivity contribution in [2.45, 2.75) is 37.8 Å². The molecule has 0 bridgehead atoms.